The zero-order chi connectivity index (χ0) is 38.7. The van der Waals surface area contributed by atoms with Gasteiger partial charge < -0.3 is 26.4 Å². The monoisotopic (exact) mass is 740 g/mol. The lowest BCUT2D eigenvalue weighted by atomic mass is 9.92. The van der Waals surface area contributed by atoms with E-state index in [1.165, 1.54) is 45.4 Å². The van der Waals surface area contributed by atoms with Crippen molar-refractivity contribution in [3.05, 3.63) is 36.1 Å². The van der Waals surface area contributed by atoms with Crippen LogP contribution < -0.4 is 21.7 Å². The summed E-state index contributed by atoms with van der Waals surface area (Å²) in [4.78, 5) is 64.1. The van der Waals surface area contributed by atoms with E-state index >= 15 is 0 Å². The van der Waals surface area contributed by atoms with Gasteiger partial charge in [-0.25, -0.2) is 8.98 Å². The van der Waals surface area contributed by atoms with E-state index in [1.807, 2.05) is 6.92 Å². The van der Waals surface area contributed by atoms with Gasteiger partial charge >= 0.3 is 16.4 Å². The van der Waals surface area contributed by atoms with Crippen LogP contribution in [0.5, 0.6) is 0 Å². The quantitative estimate of drug-likeness (QED) is 0.0421. The van der Waals surface area contributed by atoms with Crippen LogP contribution in [0, 0.1) is 23.7 Å². The lowest BCUT2D eigenvalue weighted by Crippen LogP contribution is -2.51. The van der Waals surface area contributed by atoms with Crippen LogP contribution in [-0.2, 0) is 43.3 Å². The standard InChI is InChI=1S/C36H60N4O10S/c1-8-9-10-11-12-13-23(2)14-15-24(3)16-18-30(41)25(4)17-19-31-26(5)21-38-28(7)35(44)39-22-27(6)34(43)40-29(36(45)49-31)20-32(33(37)42)50-51(46,47)48/h15-16,18,23,25-27,29,31-32,38H,7-14,17,19-22H2,1-6H3,(H2,37,42)(H,39,44)(H,40,43)(H,46,47,48)/b18-16+,24-15+/t23?,25?,26?,27?,29-,31?,32?/m0/s1. The summed E-state index contributed by atoms with van der Waals surface area (Å²) in [7, 11) is -5.16. The molecule has 1 saturated heterocycles. The minimum absolute atomic E-state index is 0.0413. The number of hydrogen-bond acceptors (Lipinski definition) is 10. The van der Waals surface area contributed by atoms with Crippen LogP contribution in [0.25, 0.3) is 0 Å². The Morgan fingerprint density at radius 1 is 1.06 bits per heavy atom. The lowest BCUT2D eigenvalue weighted by Gasteiger charge is -2.29. The molecule has 1 fully saturated rings. The van der Waals surface area contributed by atoms with E-state index in [-0.39, 0.29) is 31.0 Å². The molecule has 6 N–H and O–H groups in total. The van der Waals surface area contributed by atoms with Gasteiger partial charge in [0.05, 0.1) is 11.6 Å². The van der Waals surface area contributed by atoms with E-state index in [4.69, 9.17) is 15.0 Å². The normalized spacial score (nSPS) is 23.3. The third kappa shape index (κ3) is 19.0. The molecule has 0 aliphatic carbocycles. The lowest BCUT2D eigenvalue weighted by molar-refractivity contribution is -0.157. The number of carbonyl (C=O) groups is 5. The SMILES string of the molecule is C=C1NCC(C)C(CCC(C)C(=O)/C=C/C(C)=C/CC(C)CCCCCCC)OC(=O)[C@H](CC(OS(=O)(=O)O)C(N)=O)NC(=O)C(C)CNC1=O. The second-order valence-electron chi connectivity index (χ2n) is 13.8. The van der Waals surface area contributed by atoms with Crippen LogP contribution in [-0.4, -0.2) is 73.8 Å². The number of amides is 3. The van der Waals surface area contributed by atoms with E-state index in [1.54, 1.807) is 26.0 Å². The first-order valence-corrected chi connectivity index (χ1v) is 19.3. The van der Waals surface area contributed by atoms with Crippen LogP contribution in [0.4, 0.5) is 0 Å². The second-order valence-corrected chi connectivity index (χ2v) is 14.9. The minimum Gasteiger partial charge on any atom is -0.460 e. The fourth-order valence-corrected chi connectivity index (χ4v) is 5.79. The number of ketones is 1. The van der Waals surface area contributed by atoms with E-state index < -0.39 is 76.5 Å². The first-order valence-electron chi connectivity index (χ1n) is 17.9. The Kier molecular flexibility index (Phi) is 20.6. The number of ether oxygens (including phenoxy) is 1. The number of nitrogens with two attached hydrogens (primary N) is 1. The maximum absolute atomic E-state index is 13.5. The average molecular weight is 741 g/mol. The minimum atomic E-state index is -5.16. The van der Waals surface area contributed by atoms with Crippen molar-refractivity contribution in [2.75, 3.05) is 13.1 Å². The summed E-state index contributed by atoms with van der Waals surface area (Å²) < 4.78 is 42.0. The highest BCUT2D eigenvalue weighted by atomic mass is 32.3. The molecule has 290 valence electrons. The van der Waals surface area contributed by atoms with Crippen molar-refractivity contribution in [2.24, 2.45) is 29.4 Å². The van der Waals surface area contributed by atoms with Gasteiger partial charge in [0.25, 0.3) is 5.91 Å². The van der Waals surface area contributed by atoms with E-state index in [9.17, 15) is 32.4 Å². The van der Waals surface area contributed by atoms with Crippen molar-refractivity contribution < 1.29 is 45.9 Å². The molecular formula is C36H60N4O10S. The Hall–Kier alpha value is -3.56. The highest BCUT2D eigenvalue weighted by Gasteiger charge is 2.35. The van der Waals surface area contributed by atoms with Crippen molar-refractivity contribution in [2.45, 2.75) is 124 Å². The molecule has 0 radical (unpaired) electrons. The molecule has 0 aromatic heterocycles. The molecular weight excluding hydrogens is 680 g/mol. The number of unbranched alkanes of at least 4 members (excludes halogenated alkanes) is 4. The summed E-state index contributed by atoms with van der Waals surface area (Å²) in [5, 5.41) is 7.90. The van der Waals surface area contributed by atoms with Crippen molar-refractivity contribution >= 4 is 39.9 Å². The van der Waals surface area contributed by atoms with Gasteiger partial charge in [0, 0.05) is 31.3 Å². The molecule has 1 aliphatic rings. The molecule has 51 heavy (non-hydrogen) atoms. The molecule has 0 spiro atoms. The van der Waals surface area contributed by atoms with E-state index in [0.29, 0.717) is 12.3 Å². The summed E-state index contributed by atoms with van der Waals surface area (Å²) in [6.45, 7) is 15.1. The summed E-state index contributed by atoms with van der Waals surface area (Å²) in [5.41, 5.74) is 6.29. The molecule has 0 aromatic rings. The maximum Gasteiger partial charge on any atom is 0.398 e. The summed E-state index contributed by atoms with van der Waals surface area (Å²) in [6, 6.07) is -1.63. The van der Waals surface area contributed by atoms with Gasteiger partial charge in [0.2, 0.25) is 11.8 Å². The highest BCUT2D eigenvalue weighted by Crippen LogP contribution is 2.21. The van der Waals surface area contributed by atoms with Gasteiger partial charge in [-0.15, -0.1) is 0 Å². The molecule has 0 aromatic carbocycles. The van der Waals surface area contributed by atoms with Gasteiger partial charge in [-0.1, -0.05) is 97.4 Å². The van der Waals surface area contributed by atoms with Crippen molar-refractivity contribution in [3.63, 3.8) is 0 Å². The van der Waals surface area contributed by atoms with Crippen LogP contribution in [0.3, 0.4) is 0 Å². The Morgan fingerprint density at radius 3 is 2.35 bits per heavy atom. The van der Waals surface area contributed by atoms with Gasteiger partial charge in [0.1, 0.15) is 12.1 Å². The van der Waals surface area contributed by atoms with Crippen molar-refractivity contribution in [3.8, 4) is 0 Å². The molecule has 6 unspecified atom stereocenters. The molecule has 3 amide bonds. The molecule has 14 nitrogen and oxygen atoms in total. The molecule has 0 bridgehead atoms. The number of allylic oxidation sites excluding steroid dienone is 4. The molecule has 1 heterocycles. The Balaban J connectivity index is 3.10. The number of carbonyl (C=O) groups excluding carboxylic acids is 5. The maximum atomic E-state index is 13.5. The van der Waals surface area contributed by atoms with Gasteiger partial charge in [-0.05, 0) is 38.2 Å². The van der Waals surface area contributed by atoms with E-state index in [2.05, 4.69) is 46.6 Å². The zero-order valence-corrected chi connectivity index (χ0v) is 31.9. The number of cyclic esters (lactones) is 1. The largest absolute Gasteiger partial charge is 0.460 e. The highest BCUT2D eigenvalue weighted by molar-refractivity contribution is 7.80. The first-order chi connectivity index (χ1) is 23.8. The molecule has 15 heteroatoms. The van der Waals surface area contributed by atoms with Gasteiger partial charge in [-0.3, -0.25) is 23.7 Å². The molecule has 7 atom stereocenters. The van der Waals surface area contributed by atoms with E-state index in [0.717, 1.165) is 12.0 Å². The Labute approximate surface area is 303 Å². The Bertz CT molecular complexity index is 1360. The third-order valence-electron chi connectivity index (χ3n) is 8.96. The van der Waals surface area contributed by atoms with Crippen molar-refractivity contribution in [1.82, 2.24) is 16.0 Å². The van der Waals surface area contributed by atoms with Crippen molar-refractivity contribution in [1.29, 1.82) is 0 Å². The van der Waals surface area contributed by atoms with Crippen LogP contribution in [0.2, 0.25) is 0 Å². The van der Waals surface area contributed by atoms with Gasteiger partial charge in [-0.2, -0.15) is 8.42 Å². The average Bonchev–Trinajstić information content (AvgIpc) is 3.06. The van der Waals surface area contributed by atoms with Crippen LogP contribution in [0.15, 0.2) is 36.1 Å². The number of rotatable bonds is 19. The smallest absolute Gasteiger partial charge is 0.398 e. The molecule has 0 saturated carbocycles. The number of primary amides is 1. The number of hydrogen-bond donors (Lipinski definition) is 5. The number of nitrogens with one attached hydrogen (secondary N) is 3. The van der Waals surface area contributed by atoms with Gasteiger partial charge in [0.15, 0.2) is 11.9 Å². The number of esters is 1. The Morgan fingerprint density at radius 2 is 1.73 bits per heavy atom. The molecule has 1 aliphatic heterocycles. The predicted octanol–water partition coefficient (Wildman–Crippen LogP) is 3.83. The fraction of sp³-hybridized carbons (Fsp3) is 0.694. The molecule has 1 rings (SSSR count). The second kappa shape index (κ2) is 23.1. The summed E-state index contributed by atoms with van der Waals surface area (Å²) in [5.74, 6) is -4.95. The first kappa shape index (κ1) is 45.5. The summed E-state index contributed by atoms with van der Waals surface area (Å²) >= 11 is 0. The zero-order valence-electron chi connectivity index (χ0n) is 31.1. The fourth-order valence-electron chi connectivity index (χ4n) is 5.33. The van der Waals surface area contributed by atoms with Crippen LogP contribution in [0.1, 0.15) is 106 Å². The predicted molar refractivity (Wildman–Crippen MR) is 194 cm³/mol. The topological polar surface area (TPSA) is 220 Å². The summed E-state index contributed by atoms with van der Waals surface area (Å²) in [6.07, 6.45) is 10.7. The third-order valence-corrected chi connectivity index (χ3v) is 9.43. The van der Waals surface area contributed by atoms with Crippen LogP contribution >= 0.6 is 0 Å².